The van der Waals surface area contributed by atoms with Crippen LogP contribution in [-0.2, 0) is 11.3 Å². The third-order valence-electron chi connectivity index (χ3n) is 4.95. The van der Waals surface area contributed by atoms with Crippen LogP contribution in [-0.4, -0.2) is 58.2 Å². The van der Waals surface area contributed by atoms with E-state index in [9.17, 15) is 4.79 Å². The van der Waals surface area contributed by atoms with Gasteiger partial charge in [0, 0.05) is 36.9 Å². The summed E-state index contributed by atoms with van der Waals surface area (Å²) in [5.74, 6) is -0.206. The van der Waals surface area contributed by atoms with E-state index < -0.39 is 0 Å². The molecule has 2 aliphatic heterocycles. The van der Waals surface area contributed by atoms with E-state index in [1.807, 2.05) is 0 Å². The Kier molecular flexibility index (Phi) is 4.42. The number of carbonyl (C=O) groups is 1. The highest BCUT2D eigenvalue weighted by molar-refractivity contribution is 7.97. The lowest BCUT2D eigenvalue weighted by Gasteiger charge is -2.31. The van der Waals surface area contributed by atoms with E-state index in [0.717, 1.165) is 31.0 Å². The monoisotopic (exact) mass is 396 g/mol. The van der Waals surface area contributed by atoms with Crippen molar-refractivity contribution < 1.29 is 9.53 Å². The van der Waals surface area contributed by atoms with Crippen LogP contribution in [0.25, 0.3) is 5.65 Å². The van der Waals surface area contributed by atoms with Crippen molar-refractivity contribution in [1.29, 1.82) is 0 Å². The highest BCUT2D eigenvalue weighted by atomic mass is 32.2. The lowest BCUT2D eigenvalue weighted by atomic mass is 10.1. The minimum absolute atomic E-state index is 0.206. The van der Waals surface area contributed by atoms with E-state index in [-0.39, 0.29) is 5.91 Å². The number of nitrogens with one attached hydrogen (secondary N) is 1. The van der Waals surface area contributed by atoms with Crippen LogP contribution >= 0.6 is 11.9 Å². The second-order valence-corrected chi connectivity index (χ2v) is 8.10. The third-order valence-corrected chi connectivity index (χ3v) is 5.97. The van der Waals surface area contributed by atoms with E-state index in [2.05, 4.69) is 43.8 Å². The van der Waals surface area contributed by atoms with Gasteiger partial charge in [0.05, 0.1) is 30.8 Å². The van der Waals surface area contributed by atoms with E-state index in [0.29, 0.717) is 24.4 Å². The average Bonchev–Trinajstić information content (AvgIpc) is 3.30. The highest BCUT2D eigenvalue weighted by Gasteiger charge is 2.24. The normalized spacial score (nSPS) is 17.1. The molecule has 0 saturated carbocycles. The summed E-state index contributed by atoms with van der Waals surface area (Å²) in [6, 6.07) is 6.05. The molecule has 0 radical (unpaired) electrons. The Hall–Kier alpha value is -2.62. The minimum Gasteiger partial charge on any atom is -0.378 e. The van der Waals surface area contributed by atoms with E-state index >= 15 is 0 Å². The van der Waals surface area contributed by atoms with Crippen molar-refractivity contribution >= 4 is 34.9 Å². The first-order chi connectivity index (χ1) is 13.7. The molecule has 4 heterocycles. The largest absolute Gasteiger partial charge is 0.378 e. The van der Waals surface area contributed by atoms with Crippen molar-refractivity contribution in [1.82, 2.24) is 18.9 Å². The molecule has 0 aliphatic carbocycles. The van der Waals surface area contributed by atoms with E-state index in [1.165, 1.54) is 10.5 Å². The quantitative estimate of drug-likeness (QED) is 0.681. The molecule has 1 fully saturated rings. The Morgan fingerprint density at radius 1 is 1.29 bits per heavy atom. The molecule has 3 aromatic rings. The highest BCUT2D eigenvalue weighted by Crippen LogP contribution is 2.41. The Labute approximate surface area is 166 Å². The fraction of sp³-hybridized carbons (Fsp3) is 0.316. The third kappa shape index (κ3) is 3.11. The standard InChI is InChI=1S/C19H20N6O2S/c1-23-12-13-9-15(16(10-17(13)28-23)24-5-7-27-8-6-24)22-19(26)14-11-21-25-4-2-3-20-18(14)25/h2-4,9-11H,5-8,12H2,1H3,(H,22,26). The smallest absolute Gasteiger partial charge is 0.261 e. The van der Waals surface area contributed by atoms with Gasteiger partial charge in [0.1, 0.15) is 5.56 Å². The molecule has 144 valence electrons. The van der Waals surface area contributed by atoms with Crippen molar-refractivity contribution in [2.75, 3.05) is 43.6 Å². The summed E-state index contributed by atoms with van der Waals surface area (Å²) < 4.78 is 9.29. The maximum Gasteiger partial charge on any atom is 0.261 e. The molecular weight excluding hydrogens is 376 g/mol. The van der Waals surface area contributed by atoms with Gasteiger partial charge in [0.25, 0.3) is 5.91 Å². The summed E-state index contributed by atoms with van der Waals surface area (Å²) in [6.45, 7) is 3.84. The van der Waals surface area contributed by atoms with Gasteiger partial charge in [-0.3, -0.25) is 4.79 Å². The molecule has 1 aromatic carbocycles. The maximum atomic E-state index is 13.0. The number of hydrogen-bond acceptors (Lipinski definition) is 7. The first-order valence-electron chi connectivity index (χ1n) is 9.17. The molecule has 0 bridgehead atoms. The Morgan fingerprint density at radius 2 is 2.14 bits per heavy atom. The molecule has 0 spiro atoms. The number of fused-ring (bicyclic) bond motifs is 2. The number of aromatic nitrogens is 3. The first kappa shape index (κ1) is 17.5. The summed E-state index contributed by atoms with van der Waals surface area (Å²) in [6.07, 6.45) is 5.00. The fourth-order valence-corrected chi connectivity index (χ4v) is 4.55. The molecule has 2 aliphatic rings. The zero-order valence-electron chi connectivity index (χ0n) is 15.5. The van der Waals surface area contributed by atoms with Crippen LogP contribution in [0.5, 0.6) is 0 Å². The Morgan fingerprint density at radius 3 is 3.00 bits per heavy atom. The summed E-state index contributed by atoms with van der Waals surface area (Å²) in [4.78, 5) is 20.8. The van der Waals surface area contributed by atoms with Gasteiger partial charge < -0.3 is 15.0 Å². The topological polar surface area (TPSA) is 75.0 Å². The number of benzene rings is 1. The molecule has 9 heteroatoms. The number of carbonyl (C=O) groups excluding carboxylic acids is 1. The van der Waals surface area contributed by atoms with Crippen molar-refractivity contribution in [3.05, 3.63) is 47.9 Å². The Bertz CT molecular complexity index is 1050. The molecule has 5 rings (SSSR count). The van der Waals surface area contributed by atoms with Gasteiger partial charge in [-0.2, -0.15) is 5.10 Å². The van der Waals surface area contributed by atoms with E-state index in [1.54, 1.807) is 41.1 Å². The van der Waals surface area contributed by atoms with Crippen LogP contribution in [0.1, 0.15) is 15.9 Å². The van der Waals surface area contributed by atoms with Gasteiger partial charge >= 0.3 is 0 Å². The maximum absolute atomic E-state index is 13.0. The zero-order valence-corrected chi connectivity index (χ0v) is 16.3. The number of anilines is 2. The van der Waals surface area contributed by atoms with Gasteiger partial charge in [-0.05, 0) is 42.8 Å². The summed E-state index contributed by atoms with van der Waals surface area (Å²) in [5.41, 5.74) is 4.07. The average molecular weight is 396 g/mol. The van der Waals surface area contributed by atoms with Gasteiger partial charge in [0.2, 0.25) is 0 Å². The van der Waals surface area contributed by atoms with Crippen molar-refractivity contribution in [3.63, 3.8) is 0 Å². The second kappa shape index (κ2) is 7.08. The molecular formula is C19H20N6O2S. The molecule has 2 aromatic heterocycles. The molecule has 1 saturated heterocycles. The van der Waals surface area contributed by atoms with Crippen molar-refractivity contribution in [2.24, 2.45) is 0 Å². The van der Waals surface area contributed by atoms with Gasteiger partial charge in [-0.1, -0.05) is 0 Å². The van der Waals surface area contributed by atoms with Crippen LogP contribution in [0.15, 0.2) is 41.7 Å². The number of hydrogen-bond donors (Lipinski definition) is 1. The number of ether oxygens (including phenoxy) is 1. The van der Waals surface area contributed by atoms with Crippen LogP contribution in [0.2, 0.25) is 0 Å². The SMILES string of the molecule is CN1Cc2cc(NC(=O)c3cnn4cccnc34)c(N3CCOCC3)cc2S1. The minimum atomic E-state index is -0.206. The molecule has 0 unspecified atom stereocenters. The molecule has 28 heavy (non-hydrogen) atoms. The van der Waals surface area contributed by atoms with Gasteiger partial charge in [-0.15, -0.1) is 0 Å². The molecule has 1 amide bonds. The Balaban J connectivity index is 1.51. The predicted octanol–water partition coefficient (Wildman–Crippen LogP) is 2.27. The molecule has 1 N–H and O–H groups in total. The fourth-order valence-electron chi connectivity index (χ4n) is 3.61. The van der Waals surface area contributed by atoms with Crippen LogP contribution in [0.3, 0.4) is 0 Å². The van der Waals surface area contributed by atoms with Crippen molar-refractivity contribution in [2.45, 2.75) is 11.4 Å². The zero-order chi connectivity index (χ0) is 19.1. The van der Waals surface area contributed by atoms with Gasteiger partial charge in [-0.25, -0.2) is 13.8 Å². The van der Waals surface area contributed by atoms with E-state index in [4.69, 9.17) is 4.74 Å². The summed E-state index contributed by atoms with van der Waals surface area (Å²) in [5, 5.41) is 7.32. The molecule has 8 nitrogen and oxygen atoms in total. The van der Waals surface area contributed by atoms with Gasteiger partial charge in [0.15, 0.2) is 5.65 Å². The summed E-state index contributed by atoms with van der Waals surface area (Å²) >= 11 is 1.74. The summed E-state index contributed by atoms with van der Waals surface area (Å²) in [7, 11) is 2.07. The number of amides is 1. The van der Waals surface area contributed by atoms with Crippen LogP contribution < -0.4 is 10.2 Å². The predicted molar refractivity (Wildman–Crippen MR) is 108 cm³/mol. The molecule has 0 atom stereocenters. The second-order valence-electron chi connectivity index (χ2n) is 6.85. The van der Waals surface area contributed by atoms with Crippen LogP contribution in [0.4, 0.5) is 11.4 Å². The van der Waals surface area contributed by atoms with Crippen LogP contribution in [0, 0.1) is 0 Å². The number of morpholine rings is 1. The van der Waals surface area contributed by atoms with Crippen molar-refractivity contribution in [3.8, 4) is 0 Å². The lowest BCUT2D eigenvalue weighted by Crippen LogP contribution is -2.36. The first-order valence-corrected chi connectivity index (χ1v) is 9.95. The lowest BCUT2D eigenvalue weighted by molar-refractivity contribution is 0.102. The number of nitrogens with zero attached hydrogens (tertiary/aromatic N) is 5. The number of rotatable bonds is 3.